The van der Waals surface area contributed by atoms with Crippen LogP contribution in [0, 0.1) is 12.8 Å². The zero-order valence-corrected chi connectivity index (χ0v) is 20.9. The normalized spacial score (nSPS) is 18.8. The molecule has 0 radical (unpaired) electrons. The van der Waals surface area contributed by atoms with E-state index in [0.29, 0.717) is 55.2 Å². The predicted octanol–water partition coefficient (Wildman–Crippen LogP) is 2.89. The number of amides is 3. The summed E-state index contributed by atoms with van der Waals surface area (Å²) >= 11 is 1.39. The fourth-order valence-corrected chi connectivity index (χ4v) is 5.89. The first kappa shape index (κ1) is 22.8. The van der Waals surface area contributed by atoms with E-state index in [-0.39, 0.29) is 23.8 Å². The van der Waals surface area contributed by atoms with Crippen molar-refractivity contribution in [3.63, 3.8) is 0 Å². The van der Waals surface area contributed by atoms with Gasteiger partial charge in [-0.1, -0.05) is 11.3 Å². The highest BCUT2D eigenvalue weighted by atomic mass is 32.1. The summed E-state index contributed by atoms with van der Waals surface area (Å²) < 4.78 is 0. The molecule has 5 rings (SSSR count). The fraction of sp³-hybridized carbons (Fsp3) is 0.542. The van der Waals surface area contributed by atoms with Crippen LogP contribution < -0.4 is 10.2 Å². The largest absolute Gasteiger partial charge is 0.352 e. The number of carbonyl (C=O) groups excluding carboxylic acids is 3. The van der Waals surface area contributed by atoms with Crippen molar-refractivity contribution >= 4 is 40.0 Å². The lowest BCUT2D eigenvalue weighted by atomic mass is 10.1. The highest BCUT2D eigenvalue weighted by Gasteiger charge is 2.41. The molecule has 180 valence electrons. The molecular weight excluding hydrogens is 452 g/mol. The van der Waals surface area contributed by atoms with Gasteiger partial charge >= 0.3 is 0 Å². The van der Waals surface area contributed by atoms with Crippen LogP contribution >= 0.6 is 11.3 Å². The Morgan fingerprint density at radius 3 is 2.47 bits per heavy atom. The third kappa shape index (κ3) is 4.15. The van der Waals surface area contributed by atoms with E-state index in [2.05, 4.69) is 22.1 Å². The number of piperazine rings is 1. The molecule has 2 aliphatic heterocycles. The van der Waals surface area contributed by atoms with Gasteiger partial charge in [-0.25, -0.2) is 9.97 Å². The molecule has 10 heteroatoms. The van der Waals surface area contributed by atoms with Crippen molar-refractivity contribution in [3.8, 4) is 10.6 Å². The molecule has 3 amide bonds. The van der Waals surface area contributed by atoms with Gasteiger partial charge in [-0.3, -0.25) is 14.4 Å². The monoisotopic (exact) mass is 482 g/mol. The topological polar surface area (TPSA) is 98.7 Å². The Hall–Kier alpha value is -3.01. The van der Waals surface area contributed by atoms with E-state index >= 15 is 0 Å². The van der Waals surface area contributed by atoms with Crippen LogP contribution in [0.5, 0.6) is 0 Å². The maximum atomic E-state index is 13.6. The van der Waals surface area contributed by atoms with Gasteiger partial charge in [-0.05, 0) is 44.2 Å². The van der Waals surface area contributed by atoms with Crippen molar-refractivity contribution in [1.29, 1.82) is 0 Å². The van der Waals surface area contributed by atoms with Crippen LogP contribution in [0.25, 0.3) is 10.6 Å². The average Bonchev–Trinajstić information content (AvgIpc) is 3.51. The number of thiazole rings is 1. The Morgan fingerprint density at radius 2 is 1.85 bits per heavy atom. The van der Waals surface area contributed by atoms with Crippen LogP contribution in [0.2, 0.25) is 0 Å². The Kier molecular flexibility index (Phi) is 5.79. The summed E-state index contributed by atoms with van der Waals surface area (Å²) in [5.41, 5.74) is 3.24. The summed E-state index contributed by atoms with van der Waals surface area (Å²) in [5.74, 6) is 1.23. The molecule has 1 saturated carbocycles. The number of fused-ring (bicyclic) bond motifs is 1. The highest BCUT2D eigenvalue weighted by molar-refractivity contribution is 7.19. The van der Waals surface area contributed by atoms with Gasteiger partial charge in [-0.2, -0.15) is 0 Å². The maximum Gasteiger partial charge on any atom is 0.258 e. The van der Waals surface area contributed by atoms with Crippen LogP contribution in [0.3, 0.4) is 0 Å². The average molecular weight is 483 g/mol. The van der Waals surface area contributed by atoms with Crippen molar-refractivity contribution in [2.45, 2.75) is 53.1 Å². The van der Waals surface area contributed by atoms with Gasteiger partial charge in [0.05, 0.1) is 21.8 Å². The summed E-state index contributed by atoms with van der Waals surface area (Å²) in [5, 5.41) is 3.30. The Morgan fingerprint density at radius 1 is 1.15 bits per heavy atom. The molecule has 34 heavy (non-hydrogen) atoms. The number of rotatable bonds is 5. The van der Waals surface area contributed by atoms with Crippen LogP contribution in [0.4, 0.5) is 10.9 Å². The number of pyridine rings is 1. The number of nitrogens with zero attached hydrogens (tertiary/aromatic N) is 5. The van der Waals surface area contributed by atoms with Crippen molar-refractivity contribution in [1.82, 2.24) is 19.8 Å². The van der Waals surface area contributed by atoms with Gasteiger partial charge in [0.2, 0.25) is 11.8 Å². The first-order valence-corrected chi connectivity index (χ1v) is 12.6. The number of hydrogen-bond acceptors (Lipinski definition) is 7. The molecule has 2 aromatic heterocycles. The van der Waals surface area contributed by atoms with Crippen LogP contribution in [-0.2, 0) is 16.1 Å². The zero-order valence-electron chi connectivity index (χ0n) is 20.1. The molecule has 0 bridgehead atoms. The summed E-state index contributed by atoms with van der Waals surface area (Å²) in [6, 6.07) is 2.22. The first-order chi connectivity index (χ1) is 16.2. The van der Waals surface area contributed by atoms with Crippen LogP contribution in [0.1, 0.15) is 55.2 Å². The second-order valence-electron chi connectivity index (χ2n) is 9.48. The molecule has 2 fully saturated rings. The molecule has 1 aliphatic carbocycles. The van der Waals surface area contributed by atoms with E-state index in [9.17, 15) is 14.4 Å². The minimum atomic E-state index is -0.165. The number of nitrogens with one attached hydrogen (secondary N) is 1. The third-order valence-corrected chi connectivity index (χ3v) is 8.13. The van der Waals surface area contributed by atoms with E-state index in [0.717, 1.165) is 21.8 Å². The lowest BCUT2D eigenvalue weighted by molar-refractivity contribution is -0.129. The van der Waals surface area contributed by atoms with Gasteiger partial charge in [0, 0.05) is 52.6 Å². The molecule has 4 heterocycles. The quantitative estimate of drug-likeness (QED) is 0.704. The lowest BCUT2D eigenvalue weighted by Crippen LogP contribution is -2.48. The van der Waals surface area contributed by atoms with E-state index in [4.69, 9.17) is 4.98 Å². The second-order valence-corrected chi connectivity index (χ2v) is 10.5. The smallest absolute Gasteiger partial charge is 0.258 e. The second kappa shape index (κ2) is 8.65. The van der Waals surface area contributed by atoms with E-state index in [1.54, 1.807) is 6.92 Å². The SMILES string of the molecule is CC(=O)Nc1nc(C)c(-c2cc3c(c(N4CCN(C(C)=O)CC4)n2)C(=O)N([C@@H](C)C2CC2)C3)s1. The Balaban J connectivity index is 1.54. The summed E-state index contributed by atoms with van der Waals surface area (Å²) in [4.78, 5) is 53.3. The number of aryl methyl sites for hydroxylation is 1. The molecule has 3 aliphatic rings. The van der Waals surface area contributed by atoms with Gasteiger partial charge in [-0.15, -0.1) is 0 Å². The standard InChI is InChI=1S/C24H30N6O3S/c1-13-21(34-24(25-13)26-15(3)31)19-11-18-12-30(14(2)17-5-6-17)23(33)20(18)22(27-19)29-9-7-28(8-10-29)16(4)32/h11,14,17H,5-10,12H2,1-4H3,(H,25,26,31)/t14-/m0/s1. The lowest BCUT2D eigenvalue weighted by Gasteiger charge is -2.35. The summed E-state index contributed by atoms with van der Waals surface area (Å²) in [6.07, 6.45) is 2.35. The molecular formula is C24H30N6O3S. The third-order valence-electron chi connectivity index (χ3n) is 7.03. The molecule has 1 atom stereocenters. The summed E-state index contributed by atoms with van der Waals surface area (Å²) in [7, 11) is 0. The summed E-state index contributed by atoms with van der Waals surface area (Å²) in [6.45, 7) is 10.2. The number of carbonyl (C=O) groups is 3. The van der Waals surface area contributed by atoms with Gasteiger partial charge < -0.3 is 20.0 Å². The van der Waals surface area contributed by atoms with E-state index < -0.39 is 0 Å². The molecule has 2 aromatic rings. The fourth-order valence-electron chi connectivity index (χ4n) is 4.92. The minimum absolute atomic E-state index is 0.0532. The van der Waals surface area contributed by atoms with Crippen molar-refractivity contribution < 1.29 is 14.4 Å². The molecule has 0 aromatic carbocycles. The molecule has 1 saturated heterocycles. The van der Waals surface area contributed by atoms with Crippen molar-refractivity contribution in [2.75, 3.05) is 36.4 Å². The van der Waals surface area contributed by atoms with Crippen LogP contribution in [0.15, 0.2) is 6.07 Å². The van der Waals surface area contributed by atoms with Crippen molar-refractivity contribution in [3.05, 3.63) is 22.9 Å². The number of hydrogen-bond donors (Lipinski definition) is 1. The first-order valence-electron chi connectivity index (χ1n) is 11.8. The Bertz CT molecular complexity index is 1170. The van der Waals surface area contributed by atoms with Gasteiger partial charge in [0.15, 0.2) is 5.13 Å². The zero-order chi connectivity index (χ0) is 24.1. The minimum Gasteiger partial charge on any atom is -0.352 e. The number of anilines is 2. The van der Waals surface area contributed by atoms with Crippen molar-refractivity contribution in [2.24, 2.45) is 5.92 Å². The molecule has 9 nitrogen and oxygen atoms in total. The molecule has 0 unspecified atom stereocenters. The van der Waals surface area contributed by atoms with E-state index in [1.165, 1.54) is 31.1 Å². The van der Waals surface area contributed by atoms with E-state index in [1.807, 2.05) is 22.8 Å². The van der Waals surface area contributed by atoms with Gasteiger partial charge in [0.25, 0.3) is 5.91 Å². The van der Waals surface area contributed by atoms with Gasteiger partial charge in [0.1, 0.15) is 5.82 Å². The predicted molar refractivity (Wildman–Crippen MR) is 131 cm³/mol. The Labute approximate surface area is 203 Å². The molecule has 1 N–H and O–H groups in total. The maximum absolute atomic E-state index is 13.6. The van der Waals surface area contributed by atoms with Crippen LogP contribution in [-0.4, -0.2) is 69.7 Å². The highest BCUT2D eigenvalue weighted by Crippen LogP contribution is 2.42. The molecule has 0 spiro atoms. The number of aromatic nitrogens is 2.